The lowest BCUT2D eigenvalue weighted by atomic mass is 10.3. The first-order chi connectivity index (χ1) is 9.24. The fourth-order valence-electron chi connectivity index (χ4n) is 1.76. The van der Waals surface area contributed by atoms with Gasteiger partial charge >= 0.3 is 0 Å². The maximum absolute atomic E-state index is 5.92. The third-order valence-electron chi connectivity index (χ3n) is 2.67. The zero-order valence-corrected chi connectivity index (χ0v) is 11.0. The van der Waals surface area contributed by atoms with Crippen molar-refractivity contribution in [3.8, 4) is 17.4 Å². The second kappa shape index (κ2) is 4.82. The predicted octanol–water partition coefficient (Wildman–Crippen LogP) is 3.79. The number of rotatable bonds is 3. The molecule has 2 heterocycles. The largest absolute Gasteiger partial charge is 0.497 e. The summed E-state index contributed by atoms with van der Waals surface area (Å²) in [6.45, 7) is 0. The van der Waals surface area contributed by atoms with E-state index in [0.29, 0.717) is 16.7 Å². The molecule has 0 amide bonds. The lowest BCUT2D eigenvalue weighted by molar-refractivity contribution is 0.412. The highest BCUT2D eigenvalue weighted by Crippen LogP contribution is 2.24. The maximum atomic E-state index is 5.92. The molecule has 0 N–H and O–H groups in total. The summed E-state index contributed by atoms with van der Waals surface area (Å²) >= 11 is 5.92. The van der Waals surface area contributed by atoms with Crippen molar-refractivity contribution in [3.05, 3.63) is 53.8 Å². The predicted molar refractivity (Wildman–Crippen MR) is 73.3 cm³/mol. The minimum Gasteiger partial charge on any atom is -0.497 e. The molecule has 0 saturated carbocycles. The summed E-state index contributed by atoms with van der Waals surface area (Å²) in [7, 11) is 1.63. The van der Waals surface area contributed by atoms with E-state index in [2.05, 4.69) is 4.98 Å². The number of aromatic nitrogens is 2. The topological polar surface area (TPSA) is 35.8 Å². The summed E-state index contributed by atoms with van der Waals surface area (Å²) in [6, 6.07) is 11.0. The van der Waals surface area contributed by atoms with Gasteiger partial charge in [-0.3, -0.25) is 0 Å². The fraction of sp³-hybridized carbons (Fsp3) is 0.0714. The third-order valence-corrected chi connectivity index (χ3v) is 2.90. The minimum atomic E-state index is 0.521. The Morgan fingerprint density at radius 2 is 1.74 bits per heavy atom. The van der Waals surface area contributed by atoms with Crippen LogP contribution in [-0.4, -0.2) is 16.5 Å². The molecular weight excluding hydrogens is 264 g/mol. The molecule has 0 aliphatic rings. The molecule has 0 atom stereocenters. The average molecular weight is 275 g/mol. The van der Waals surface area contributed by atoms with Gasteiger partial charge in [-0.2, -0.15) is 4.98 Å². The number of halogens is 1. The van der Waals surface area contributed by atoms with E-state index in [1.54, 1.807) is 25.6 Å². The van der Waals surface area contributed by atoms with Crippen molar-refractivity contribution < 1.29 is 9.47 Å². The Morgan fingerprint density at radius 1 is 1.00 bits per heavy atom. The molecule has 2 aromatic heterocycles. The number of nitrogens with zero attached hydrogens (tertiary/aromatic N) is 2. The van der Waals surface area contributed by atoms with Gasteiger partial charge in [0.05, 0.1) is 18.3 Å². The Bertz CT molecular complexity index is 707. The molecule has 0 unspecified atom stereocenters. The van der Waals surface area contributed by atoms with Crippen LogP contribution in [0.1, 0.15) is 0 Å². The summed E-state index contributed by atoms with van der Waals surface area (Å²) in [5.41, 5.74) is 0.785. The van der Waals surface area contributed by atoms with Crippen molar-refractivity contribution in [2.24, 2.45) is 0 Å². The van der Waals surface area contributed by atoms with Crippen molar-refractivity contribution in [1.29, 1.82) is 0 Å². The van der Waals surface area contributed by atoms with Gasteiger partial charge in [-0.25, -0.2) is 0 Å². The monoisotopic (exact) mass is 274 g/mol. The Morgan fingerprint density at radius 3 is 2.47 bits per heavy atom. The normalized spacial score (nSPS) is 10.6. The van der Waals surface area contributed by atoms with Gasteiger partial charge in [-0.1, -0.05) is 11.6 Å². The van der Waals surface area contributed by atoms with Gasteiger partial charge < -0.3 is 13.9 Å². The standard InChI is InChI=1S/C14H11ClN2O2/c1-18-11-3-5-12(6-4-11)19-14-9-17-8-10(15)2-7-13(17)16-14/h2-9H,1H3. The molecule has 0 aliphatic heterocycles. The maximum Gasteiger partial charge on any atom is 0.238 e. The van der Waals surface area contributed by atoms with Crippen molar-refractivity contribution in [3.63, 3.8) is 0 Å². The molecule has 3 aromatic rings. The van der Waals surface area contributed by atoms with Crippen LogP contribution < -0.4 is 9.47 Å². The molecular formula is C14H11ClN2O2. The number of benzene rings is 1. The van der Waals surface area contributed by atoms with Crippen LogP contribution >= 0.6 is 11.6 Å². The van der Waals surface area contributed by atoms with E-state index in [9.17, 15) is 0 Å². The van der Waals surface area contributed by atoms with Crippen LogP contribution in [0.4, 0.5) is 0 Å². The molecule has 0 radical (unpaired) electrons. The molecule has 5 heteroatoms. The van der Waals surface area contributed by atoms with Gasteiger partial charge in [-0.15, -0.1) is 0 Å². The van der Waals surface area contributed by atoms with E-state index in [1.807, 2.05) is 34.7 Å². The smallest absolute Gasteiger partial charge is 0.238 e. The molecule has 0 aliphatic carbocycles. The molecule has 3 rings (SSSR count). The molecule has 4 nitrogen and oxygen atoms in total. The SMILES string of the molecule is COc1ccc(Oc2cn3cc(Cl)ccc3n2)cc1. The lowest BCUT2D eigenvalue weighted by Crippen LogP contribution is -1.85. The van der Waals surface area contributed by atoms with Crippen molar-refractivity contribution in [2.45, 2.75) is 0 Å². The number of hydrogen-bond donors (Lipinski definition) is 0. The van der Waals surface area contributed by atoms with E-state index in [4.69, 9.17) is 21.1 Å². The lowest BCUT2D eigenvalue weighted by Gasteiger charge is -2.02. The molecule has 19 heavy (non-hydrogen) atoms. The van der Waals surface area contributed by atoms with Crippen LogP contribution in [0.5, 0.6) is 17.4 Å². The van der Waals surface area contributed by atoms with Gasteiger partial charge in [0.15, 0.2) is 0 Å². The van der Waals surface area contributed by atoms with Gasteiger partial charge in [-0.05, 0) is 36.4 Å². The van der Waals surface area contributed by atoms with Crippen LogP contribution in [0.15, 0.2) is 48.8 Å². The van der Waals surface area contributed by atoms with Crippen molar-refractivity contribution in [2.75, 3.05) is 7.11 Å². The number of ether oxygens (including phenoxy) is 2. The van der Waals surface area contributed by atoms with Gasteiger partial charge in [0, 0.05) is 6.20 Å². The summed E-state index contributed by atoms with van der Waals surface area (Å²) in [5, 5.41) is 0.654. The van der Waals surface area contributed by atoms with Gasteiger partial charge in [0.2, 0.25) is 5.88 Å². The van der Waals surface area contributed by atoms with Crippen LogP contribution in [0.3, 0.4) is 0 Å². The van der Waals surface area contributed by atoms with E-state index in [0.717, 1.165) is 11.4 Å². The van der Waals surface area contributed by atoms with Crippen LogP contribution in [0, 0.1) is 0 Å². The Balaban J connectivity index is 1.87. The van der Waals surface area contributed by atoms with E-state index in [-0.39, 0.29) is 0 Å². The summed E-state index contributed by atoms with van der Waals surface area (Å²) < 4.78 is 12.6. The first-order valence-electron chi connectivity index (χ1n) is 5.71. The highest BCUT2D eigenvalue weighted by molar-refractivity contribution is 6.30. The summed E-state index contributed by atoms with van der Waals surface area (Å²) in [6.07, 6.45) is 3.57. The Labute approximate surface area is 115 Å². The molecule has 1 aromatic carbocycles. The Hall–Kier alpha value is -2.20. The van der Waals surface area contributed by atoms with Crippen molar-refractivity contribution in [1.82, 2.24) is 9.38 Å². The first kappa shape index (κ1) is 11.9. The number of pyridine rings is 1. The Kier molecular flexibility index (Phi) is 3.01. The molecule has 96 valence electrons. The molecule has 0 saturated heterocycles. The van der Waals surface area contributed by atoms with E-state index < -0.39 is 0 Å². The number of hydrogen-bond acceptors (Lipinski definition) is 3. The average Bonchev–Trinajstić information content (AvgIpc) is 2.81. The zero-order valence-electron chi connectivity index (χ0n) is 10.2. The third kappa shape index (κ3) is 2.48. The van der Waals surface area contributed by atoms with Gasteiger partial charge in [0.1, 0.15) is 17.1 Å². The fourth-order valence-corrected chi connectivity index (χ4v) is 1.92. The quantitative estimate of drug-likeness (QED) is 0.729. The van der Waals surface area contributed by atoms with Gasteiger partial charge in [0.25, 0.3) is 0 Å². The van der Waals surface area contributed by atoms with Crippen LogP contribution in [0.25, 0.3) is 5.65 Å². The molecule has 0 bridgehead atoms. The van der Waals surface area contributed by atoms with Crippen LogP contribution in [-0.2, 0) is 0 Å². The number of methoxy groups -OCH3 is 1. The first-order valence-corrected chi connectivity index (χ1v) is 6.08. The highest BCUT2D eigenvalue weighted by Gasteiger charge is 2.04. The highest BCUT2D eigenvalue weighted by atomic mass is 35.5. The zero-order chi connectivity index (χ0) is 13.2. The summed E-state index contributed by atoms with van der Waals surface area (Å²) in [5.74, 6) is 2.01. The second-order valence-electron chi connectivity index (χ2n) is 3.97. The van der Waals surface area contributed by atoms with E-state index >= 15 is 0 Å². The minimum absolute atomic E-state index is 0.521. The summed E-state index contributed by atoms with van der Waals surface area (Å²) in [4.78, 5) is 4.34. The number of fused-ring (bicyclic) bond motifs is 1. The van der Waals surface area contributed by atoms with E-state index in [1.165, 1.54) is 0 Å². The molecule has 0 fully saturated rings. The van der Waals surface area contributed by atoms with Crippen LogP contribution in [0.2, 0.25) is 5.02 Å². The number of imidazole rings is 1. The second-order valence-corrected chi connectivity index (χ2v) is 4.41. The molecule has 0 spiro atoms. The van der Waals surface area contributed by atoms with Crippen molar-refractivity contribution >= 4 is 17.2 Å².